The summed E-state index contributed by atoms with van der Waals surface area (Å²) in [5.41, 5.74) is 0.919. The van der Waals surface area contributed by atoms with E-state index >= 15 is 0 Å². The lowest BCUT2D eigenvalue weighted by Gasteiger charge is -2.04. The summed E-state index contributed by atoms with van der Waals surface area (Å²) in [4.78, 5) is 4.25. The summed E-state index contributed by atoms with van der Waals surface area (Å²) in [6.45, 7) is 3.34. The lowest BCUT2D eigenvalue weighted by Crippen LogP contribution is -2.12. The minimum atomic E-state index is 0.703. The van der Waals surface area contributed by atoms with Gasteiger partial charge in [0.1, 0.15) is 17.3 Å². The van der Waals surface area contributed by atoms with Crippen LogP contribution in [0.15, 0.2) is 23.0 Å². The zero-order valence-electron chi connectivity index (χ0n) is 8.90. The van der Waals surface area contributed by atoms with Crippen molar-refractivity contribution in [2.45, 2.75) is 20.0 Å². The first-order valence-electron chi connectivity index (χ1n) is 4.86. The fourth-order valence-electron chi connectivity index (χ4n) is 1.48. The van der Waals surface area contributed by atoms with E-state index in [0.717, 1.165) is 23.8 Å². The van der Waals surface area contributed by atoms with Gasteiger partial charge in [-0.3, -0.25) is 0 Å². The van der Waals surface area contributed by atoms with Crippen molar-refractivity contribution >= 4 is 0 Å². The molecule has 5 nitrogen and oxygen atoms in total. The van der Waals surface area contributed by atoms with Gasteiger partial charge in [0.15, 0.2) is 0 Å². The predicted molar refractivity (Wildman–Crippen MR) is 55.3 cm³/mol. The van der Waals surface area contributed by atoms with Gasteiger partial charge < -0.3 is 14.4 Å². The highest BCUT2D eigenvalue weighted by atomic mass is 16.5. The maximum atomic E-state index is 5.01. The molecule has 0 bridgehead atoms. The van der Waals surface area contributed by atoms with Gasteiger partial charge in [-0.2, -0.15) is 0 Å². The Balaban J connectivity index is 2.13. The summed E-state index contributed by atoms with van der Waals surface area (Å²) in [6.07, 6.45) is 3.73. The largest absolute Gasteiger partial charge is 0.361 e. The Morgan fingerprint density at radius 2 is 2.40 bits per heavy atom. The third-order valence-electron chi connectivity index (χ3n) is 2.15. The normalized spacial score (nSPS) is 10.8. The topological polar surface area (TPSA) is 55.9 Å². The molecule has 5 heteroatoms. The molecule has 0 atom stereocenters. The highest BCUT2D eigenvalue weighted by molar-refractivity contribution is 5.06. The van der Waals surface area contributed by atoms with E-state index in [9.17, 15) is 0 Å². The molecule has 0 aliphatic carbocycles. The molecule has 0 fully saturated rings. The minimum absolute atomic E-state index is 0.703. The van der Waals surface area contributed by atoms with Crippen molar-refractivity contribution in [3.8, 4) is 0 Å². The van der Waals surface area contributed by atoms with Gasteiger partial charge in [-0.05, 0) is 14.0 Å². The van der Waals surface area contributed by atoms with Crippen LogP contribution in [-0.2, 0) is 13.1 Å². The van der Waals surface area contributed by atoms with Crippen molar-refractivity contribution < 1.29 is 4.52 Å². The van der Waals surface area contributed by atoms with Crippen LogP contribution < -0.4 is 5.32 Å². The van der Waals surface area contributed by atoms with E-state index in [1.165, 1.54) is 0 Å². The van der Waals surface area contributed by atoms with Crippen LogP contribution in [0, 0.1) is 6.92 Å². The molecule has 0 saturated heterocycles. The first-order chi connectivity index (χ1) is 7.29. The number of imidazole rings is 1. The van der Waals surface area contributed by atoms with E-state index in [1.807, 2.05) is 30.8 Å². The van der Waals surface area contributed by atoms with Crippen LogP contribution in [0.2, 0.25) is 0 Å². The molecule has 0 saturated carbocycles. The molecule has 0 aliphatic heterocycles. The number of aryl methyl sites for hydroxylation is 1. The molecular formula is C10H14N4O. The molecule has 80 valence electrons. The van der Waals surface area contributed by atoms with Gasteiger partial charge in [0.2, 0.25) is 0 Å². The van der Waals surface area contributed by atoms with Gasteiger partial charge in [-0.1, -0.05) is 5.16 Å². The van der Waals surface area contributed by atoms with Gasteiger partial charge in [-0.15, -0.1) is 0 Å². The van der Waals surface area contributed by atoms with Crippen LogP contribution in [-0.4, -0.2) is 21.8 Å². The predicted octanol–water partition coefficient (Wildman–Crippen LogP) is 0.947. The Kier molecular flexibility index (Phi) is 2.82. The number of rotatable bonds is 4. The molecule has 2 aromatic heterocycles. The number of nitrogens with one attached hydrogen (secondary N) is 1. The van der Waals surface area contributed by atoms with Crippen LogP contribution in [0.3, 0.4) is 0 Å². The zero-order chi connectivity index (χ0) is 10.7. The monoisotopic (exact) mass is 206 g/mol. The molecule has 0 aliphatic rings. The quantitative estimate of drug-likeness (QED) is 0.809. The summed E-state index contributed by atoms with van der Waals surface area (Å²) in [5.74, 6) is 1.83. The fraction of sp³-hybridized carbons (Fsp3) is 0.400. The second-order valence-electron chi connectivity index (χ2n) is 3.43. The summed E-state index contributed by atoms with van der Waals surface area (Å²) >= 11 is 0. The number of hydrogen-bond donors (Lipinski definition) is 1. The Morgan fingerprint density at radius 1 is 1.53 bits per heavy atom. The highest BCUT2D eigenvalue weighted by Crippen LogP contribution is 2.06. The van der Waals surface area contributed by atoms with Gasteiger partial charge in [0, 0.05) is 18.5 Å². The third-order valence-corrected chi connectivity index (χ3v) is 2.15. The Bertz CT molecular complexity index is 432. The minimum Gasteiger partial charge on any atom is -0.361 e. The Labute approximate surface area is 88.1 Å². The first kappa shape index (κ1) is 9.92. The molecule has 1 N–H and O–H groups in total. The van der Waals surface area contributed by atoms with Crippen LogP contribution in [0.1, 0.15) is 17.3 Å². The second kappa shape index (κ2) is 4.27. The Hall–Kier alpha value is -1.62. The third kappa shape index (κ3) is 2.24. The molecule has 0 aromatic carbocycles. The van der Waals surface area contributed by atoms with Crippen molar-refractivity contribution in [2.24, 2.45) is 0 Å². The first-order valence-corrected chi connectivity index (χ1v) is 4.86. The summed E-state index contributed by atoms with van der Waals surface area (Å²) < 4.78 is 7.06. The molecule has 2 aromatic rings. The van der Waals surface area contributed by atoms with E-state index < -0.39 is 0 Å². The molecular weight excluding hydrogens is 192 g/mol. The van der Waals surface area contributed by atoms with Crippen LogP contribution in [0.5, 0.6) is 0 Å². The lowest BCUT2D eigenvalue weighted by atomic mass is 10.3. The van der Waals surface area contributed by atoms with Gasteiger partial charge in [0.25, 0.3) is 0 Å². The van der Waals surface area contributed by atoms with Crippen molar-refractivity contribution in [1.29, 1.82) is 0 Å². The van der Waals surface area contributed by atoms with Crippen molar-refractivity contribution in [2.75, 3.05) is 7.05 Å². The van der Waals surface area contributed by atoms with E-state index in [0.29, 0.717) is 6.54 Å². The summed E-state index contributed by atoms with van der Waals surface area (Å²) in [6, 6.07) is 1.93. The van der Waals surface area contributed by atoms with Gasteiger partial charge in [0.05, 0.1) is 13.1 Å². The van der Waals surface area contributed by atoms with Gasteiger partial charge >= 0.3 is 0 Å². The summed E-state index contributed by atoms with van der Waals surface area (Å²) in [5, 5.41) is 7.02. The van der Waals surface area contributed by atoms with E-state index in [2.05, 4.69) is 15.5 Å². The molecule has 0 radical (unpaired) electrons. The molecule has 0 spiro atoms. The number of hydrogen-bond acceptors (Lipinski definition) is 4. The summed E-state index contributed by atoms with van der Waals surface area (Å²) in [7, 11) is 1.90. The fourth-order valence-corrected chi connectivity index (χ4v) is 1.48. The van der Waals surface area contributed by atoms with Crippen molar-refractivity contribution in [1.82, 2.24) is 20.0 Å². The smallest absolute Gasteiger partial charge is 0.133 e. The van der Waals surface area contributed by atoms with Crippen molar-refractivity contribution in [3.05, 3.63) is 35.7 Å². The lowest BCUT2D eigenvalue weighted by molar-refractivity contribution is 0.388. The van der Waals surface area contributed by atoms with E-state index in [4.69, 9.17) is 4.52 Å². The number of aromatic nitrogens is 3. The van der Waals surface area contributed by atoms with Gasteiger partial charge in [-0.25, -0.2) is 4.98 Å². The maximum Gasteiger partial charge on any atom is 0.133 e. The van der Waals surface area contributed by atoms with E-state index in [1.54, 1.807) is 6.20 Å². The molecule has 0 unspecified atom stereocenters. The maximum absolute atomic E-state index is 5.01. The average molecular weight is 206 g/mol. The second-order valence-corrected chi connectivity index (χ2v) is 3.43. The van der Waals surface area contributed by atoms with Crippen molar-refractivity contribution in [3.63, 3.8) is 0 Å². The molecule has 2 heterocycles. The number of nitrogens with zero attached hydrogens (tertiary/aromatic N) is 3. The zero-order valence-corrected chi connectivity index (χ0v) is 8.90. The molecule has 15 heavy (non-hydrogen) atoms. The van der Waals surface area contributed by atoms with Crippen LogP contribution in [0.4, 0.5) is 0 Å². The van der Waals surface area contributed by atoms with E-state index in [-0.39, 0.29) is 0 Å². The molecule has 2 rings (SSSR count). The van der Waals surface area contributed by atoms with Crippen LogP contribution >= 0.6 is 0 Å². The standard InChI is InChI=1S/C10H14N4O/c1-8-5-9(13-15-8)7-14-4-3-12-10(14)6-11-2/h3-5,11H,6-7H2,1-2H3. The Morgan fingerprint density at radius 3 is 3.07 bits per heavy atom. The highest BCUT2D eigenvalue weighted by Gasteiger charge is 2.05. The molecule has 0 amide bonds. The SMILES string of the molecule is CNCc1nccn1Cc1cc(C)on1. The van der Waals surface area contributed by atoms with Crippen LogP contribution in [0.25, 0.3) is 0 Å². The average Bonchev–Trinajstić information content (AvgIpc) is 2.78.